The van der Waals surface area contributed by atoms with Gasteiger partial charge in [0.15, 0.2) is 0 Å². The summed E-state index contributed by atoms with van der Waals surface area (Å²) < 4.78 is 40.7. The molecular weight excluding hydrogens is 269 g/mol. The predicted molar refractivity (Wildman–Crippen MR) is 60.6 cm³/mol. The van der Waals surface area contributed by atoms with Gasteiger partial charge in [0, 0.05) is 11.0 Å². The van der Waals surface area contributed by atoms with E-state index < -0.39 is 17.1 Å². The maximum atomic E-state index is 12.0. The van der Waals surface area contributed by atoms with Gasteiger partial charge in [-0.2, -0.15) is 13.2 Å². The normalized spacial score (nSPS) is 12.3. The van der Waals surface area contributed by atoms with Crippen LogP contribution in [0.1, 0.15) is 0 Å². The van der Waals surface area contributed by atoms with E-state index in [0.29, 0.717) is 22.4 Å². The number of benzene rings is 1. The minimum Gasteiger partial charge on any atom is -0.504 e. The van der Waals surface area contributed by atoms with Crippen LogP contribution in [0.5, 0.6) is 5.75 Å². The molecule has 0 amide bonds. The molecule has 3 nitrogen and oxygen atoms in total. The Morgan fingerprint density at radius 1 is 1.33 bits per heavy atom. The van der Waals surface area contributed by atoms with Crippen LogP contribution in [-0.2, 0) is 4.79 Å². The highest BCUT2D eigenvalue weighted by Crippen LogP contribution is 2.26. The number of aliphatic hydroxyl groups is 1. The molecule has 0 unspecified atom stereocenters. The second kappa shape index (κ2) is 5.81. The maximum Gasteiger partial charge on any atom is 0.448 e. The number of carbonyl (C=O) groups is 1. The number of ether oxygens (including phenoxy) is 1. The lowest BCUT2D eigenvalue weighted by molar-refractivity contribution is -0.123. The smallest absolute Gasteiger partial charge is 0.448 e. The van der Waals surface area contributed by atoms with Gasteiger partial charge < -0.3 is 9.84 Å². The van der Waals surface area contributed by atoms with Gasteiger partial charge in [0.1, 0.15) is 5.75 Å². The van der Waals surface area contributed by atoms with Gasteiger partial charge in [-0.3, -0.25) is 4.79 Å². The number of hydrogen-bond donors (Lipinski definition) is 1. The lowest BCUT2D eigenvalue weighted by atomic mass is 10.3. The summed E-state index contributed by atoms with van der Waals surface area (Å²) in [5, 5.41) is 7.69. The van der Waals surface area contributed by atoms with Crippen LogP contribution < -0.4 is 4.74 Å². The summed E-state index contributed by atoms with van der Waals surface area (Å²) in [5.41, 5.74) is 0. The van der Waals surface area contributed by atoms with Crippen molar-refractivity contribution >= 4 is 16.9 Å². The lowest BCUT2D eigenvalue weighted by Gasteiger charge is -2.04. The van der Waals surface area contributed by atoms with Crippen LogP contribution in [0.2, 0.25) is 0 Å². The van der Waals surface area contributed by atoms with E-state index in [2.05, 4.69) is 0 Å². The molecule has 98 valence electrons. The zero-order chi connectivity index (χ0) is 13.8. The van der Waals surface area contributed by atoms with E-state index in [1.54, 1.807) is 12.1 Å². The minimum absolute atomic E-state index is 0.148. The number of halogens is 3. The van der Waals surface area contributed by atoms with Crippen molar-refractivity contribution in [2.24, 2.45) is 0 Å². The highest BCUT2D eigenvalue weighted by atomic mass is 32.2. The Morgan fingerprint density at radius 2 is 1.89 bits per heavy atom. The molecule has 7 heteroatoms. The second-order valence-corrected chi connectivity index (χ2v) is 4.20. The van der Waals surface area contributed by atoms with E-state index in [1.165, 1.54) is 19.2 Å². The molecule has 0 aliphatic heterocycles. The van der Waals surface area contributed by atoms with E-state index in [1.807, 2.05) is 0 Å². The first kappa shape index (κ1) is 14.4. The molecule has 0 saturated carbocycles. The fourth-order valence-electron chi connectivity index (χ4n) is 0.983. The van der Waals surface area contributed by atoms with Gasteiger partial charge in [-0.05, 0) is 36.0 Å². The number of alkyl halides is 3. The molecule has 0 aliphatic rings. The van der Waals surface area contributed by atoms with Crippen molar-refractivity contribution in [1.82, 2.24) is 0 Å². The average molecular weight is 278 g/mol. The quantitative estimate of drug-likeness (QED) is 0.523. The van der Waals surface area contributed by atoms with Gasteiger partial charge >= 0.3 is 6.18 Å². The molecule has 0 bridgehead atoms. The van der Waals surface area contributed by atoms with Crippen molar-refractivity contribution < 1.29 is 27.8 Å². The highest BCUT2D eigenvalue weighted by Gasteiger charge is 2.34. The highest BCUT2D eigenvalue weighted by molar-refractivity contribution is 8.14. The Labute approximate surface area is 105 Å². The molecule has 0 heterocycles. The number of rotatable bonds is 3. The summed E-state index contributed by atoms with van der Waals surface area (Å²) in [5.74, 6) is -1.34. The van der Waals surface area contributed by atoms with Crippen molar-refractivity contribution in [2.75, 3.05) is 7.11 Å². The second-order valence-electron chi connectivity index (χ2n) is 3.12. The molecule has 0 aromatic heterocycles. The van der Waals surface area contributed by atoms with Crippen molar-refractivity contribution in [3.63, 3.8) is 0 Å². The summed E-state index contributed by atoms with van der Waals surface area (Å²) in [4.78, 5) is 11.7. The van der Waals surface area contributed by atoms with E-state index in [9.17, 15) is 18.0 Å². The molecule has 0 saturated heterocycles. The lowest BCUT2D eigenvalue weighted by Crippen LogP contribution is -2.12. The van der Waals surface area contributed by atoms with E-state index in [0.717, 1.165) is 0 Å². The molecule has 1 rings (SSSR count). The molecule has 18 heavy (non-hydrogen) atoms. The summed E-state index contributed by atoms with van der Waals surface area (Å²) in [6.45, 7) is 0. The van der Waals surface area contributed by atoms with Gasteiger partial charge in [-0.15, -0.1) is 0 Å². The molecular formula is C11H9F3O3S. The third-order valence-electron chi connectivity index (χ3n) is 1.82. The summed E-state index contributed by atoms with van der Waals surface area (Å²) in [7, 11) is 1.47. The fraction of sp³-hybridized carbons (Fsp3) is 0.182. The zero-order valence-electron chi connectivity index (χ0n) is 9.19. The number of aliphatic hydroxyl groups excluding tert-OH is 1. The van der Waals surface area contributed by atoms with Crippen molar-refractivity contribution in [3.8, 4) is 5.75 Å². The largest absolute Gasteiger partial charge is 0.504 e. The summed E-state index contributed by atoms with van der Waals surface area (Å²) in [6.07, 6.45) is -4.76. The number of thioether (sulfide) groups is 1. The molecule has 0 spiro atoms. The van der Waals surface area contributed by atoms with E-state index in [4.69, 9.17) is 9.84 Å². The molecule has 0 atom stereocenters. The third kappa shape index (κ3) is 4.33. The van der Waals surface area contributed by atoms with Crippen LogP contribution >= 0.6 is 11.8 Å². The SMILES string of the molecule is COc1ccc(SC(=O)/C=C(\O)C(F)(F)F)cc1. The monoisotopic (exact) mass is 278 g/mol. The number of carbonyl (C=O) groups excluding carboxylic acids is 1. The Kier molecular flexibility index (Phi) is 4.66. The summed E-state index contributed by atoms with van der Waals surface area (Å²) >= 11 is 0.576. The zero-order valence-corrected chi connectivity index (χ0v) is 10.0. The average Bonchev–Trinajstić information content (AvgIpc) is 2.28. The van der Waals surface area contributed by atoms with Crippen molar-refractivity contribution in [1.29, 1.82) is 0 Å². The van der Waals surface area contributed by atoms with E-state index in [-0.39, 0.29) is 6.08 Å². The first-order valence-corrected chi connectivity index (χ1v) is 5.48. The van der Waals surface area contributed by atoms with Crippen LogP contribution in [0, 0.1) is 0 Å². The Balaban J connectivity index is 2.70. The Bertz CT molecular complexity index is 452. The first-order chi connectivity index (χ1) is 8.32. The Morgan fingerprint density at radius 3 is 2.33 bits per heavy atom. The van der Waals surface area contributed by atoms with Crippen LogP contribution in [0.25, 0.3) is 0 Å². The van der Waals surface area contributed by atoms with Gasteiger partial charge in [-0.1, -0.05) is 0 Å². The molecule has 0 radical (unpaired) electrons. The Hall–Kier alpha value is -1.63. The minimum atomic E-state index is -4.91. The van der Waals surface area contributed by atoms with Gasteiger partial charge in [0.25, 0.3) is 0 Å². The first-order valence-electron chi connectivity index (χ1n) is 4.66. The molecule has 0 fully saturated rings. The number of methoxy groups -OCH3 is 1. The van der Waals surface area contributed by atoms with Crippen LogP contribution in [0.3, 0.4) is 0 Å². The van der Waals surface area contributed by atoms with Gasteiger partial charge in [0.05, 0.1) is 7.11 Å². The maximum absolute atomic E-state index is 12.0. The van der Waals surface area contributed by atoms with Crippen LogP contribution in [0.15, 0.2) is 41.0 Å². The molecule has 1 N–H and O–H groups in total. The topological polar surface area (TPSA) is 46.5 Å². The third-order valence-corrected chi connectivity index (χ3v) is 2.65. The van der Waals surface area contributed by atoms with E-state index >= 15 is 0 Å². The fourth-order valence-corrected chi connectivity index (χ4v) is 1.66. The number of allylic oxidation sites excluding steroid dienone is 1. The summed E-state index contributed by atoms with van der Waals surface area (Å²) in [6, 6.07) is 6.20. The standard InChI is InChI=1S/C11H9F3O3S/c1-17-7-2-4-8(5-3-7)18-10(16)6-9(15)11(12,13)14/h2-6,15H,1H3/b9-6-. The van der Waals surface area contributed by atoms with Gasteiger partial charge in [0.2, 0.25) is 10.9 Å². The predicted octanol–water partition coefficient (Wildman–Crippen LogP) is 3.32. The number of hydrogen-bond acceptors (Lipinski definition) is 4. The van der Waals surface area contributed by atoms with Crippen molar-refractivity contribution in [3.05, 3.63) is 36.1 Å². The van der Waals surface area contributed by atoms with Gasteiger partial charge in [-0.25, -0.2) is 0 Å². The molecule has 1 aromatic rings. The van der Waals surface area contributed by atoms with Crippen molar-refractivity contribution in [2.45, 2.75) is 11.1 Å². The molecule has 0 aliphatic carbocycles. The van der Waals surface area contributed by atoms with Crippen LogP contribution in [0.4, 0.5) is 13.2 Å². The van der Waals surface area contributed by atoms with Crippen LogP contribution in [-0.4, -0.2) is 23.5 Å². The molecule has 1 aromatic carbocycles.